The molecule has 0 aromatic heterocycles. The van der Waals surface area contributed by atoms with Crippen LogP contribution in [0.1, 0.15) is 60.3 Å². The van der Waals surface area contributed by atoms with E-state index in [1.807, 2.05) is 13.8 Å². The van der Waals surface area contributed by atoms with Crippen LogP contribution in [0.15, 0.2) is 0 Å². The molecule has 6 atom stereocenters. The molecule has 2 aliphatic heterocycles. The van der Waals surface area contributed by atoms with E-state index < -0.39 is 59.9 Å². The molecule has 2 saturated carbocycles. The number of nitrogens with zero attached hydrogens (tertiary/aromatic N) is 1. The number of halogens is 3. The normalized spacial score (nSPS) is 30.9. The molecule has 9 nitrogen and oxygen atoms in total. The average molecular weight is 530 g/mol. The van der Waals surface area contributed by atoms with Crippen LogP contribution in [0.5, 0.6) is 0 Å². The van der Waals surface area contributed by atoms with E-state index in [0.717, 1.165) is 12.8 Å². The number of fused-ring (bicyclic) bond motifs is 1. The number of alkyl halides is 3. The SMILES string of the molecule is CC(C)(C)[C@H](NCC(F)(F)F)C(=O)N1C[C@H]2[C@@H]([C@H]1C(=O)N[C@@H](C[C@@H]1CC3(CC3)NC1=O)C(N)=O)C2(C)C. The number of primary amides is 1. The Hall–Kier alpha value is -2.37. The van der Waals surface area contributed by atoms with Crippen molar-refractivity contribution in [2.75, 3.05) is 13.1 Å². The Labute approximate surface area is 214 Å². The number of nitrogens with one attached hydrogen (secondary N) is 3. The number of carbonyl (C=O) groups is 4. The van der Waals surface area contributed by atoms with E-state index in [1.54, 1.807) is 20.8 Å². The van der Waals surface area contributed by atoms with E-state index in [2.05, 4.69) is 16.0 Å². The Bertz CT molecular complexity index is 988. The van der Waals surface area contributed by atoms with Crippen molar-refractivity contribution in [1.29, 1.82) is 0 Å². The molecule has 4 amide bonds. The topological polar surface area (TPSA) is 134 Å². The lowest BCUT2D eigenvalue weighted by atomic mass is 9.85. The number of rotatable bonds is 8. The maximum Gasteiger partial charge on any atom is 0.401 e. The minimum atomic E-state index is -4.50. The molecule has 0 bridgehead atoms. The van der Waals surface area contributed by atoms with Gasteiger partial charge in [0, 0.05) is 18.0 Å². The first-order valence-corrected chi connectivity index (χ1v) is 12.9. The summed E-state index contributed by atoms with van der Waals surface area (Å²) in [4.78, 5) is 53.2. The summed E-state index contributed by atoms with van der Waals surface area (Å²) < 4.78 is 38.9. The van der Waals surface area contributed by atoms with Crippen molar-refractivity contribution in [2.45, 2.75) is 90.1 Å². The third-order valence-electron chi connectivity index (χ3n) is 8.81. The molecule has 1 spiro atoms. The highest BCUT2D eigenvalue weighted by Crippen LogP contribution is 2.65. The molecule has 2 saturated heterocycles. The average Bonchev–Trinajstić information content (AvgIpc) is 3.45. The molecule has 0 unspecified atom stereocenters. The summed E-state index contributed by atoms with van der Waals surface area (Å²) in [6, 6.07) is -3.22. The number of nitrogens with two attached hydrogens (primary N) is 1. The van der Waals surface area contributed by atoms with Crippen LogP contribution in [-0.2, 0) is 19.2 Å². The Morgan fingerprint density at radius 2 is 1.81 bits per heavy atom. The zero-order chi connectivity index (χ0) is 27.7. The molecule has 4 aliphatic rings. The zero-order valence-electron chi connectivity index (χ0n) is 22.0. The first-order chi connectivity index (χ1) is 16.9. The zero-order valence-corrected chi connectivity index (χ0v) is 22.0. The Morgan fingerprint density at radius 3 is 2.30 bits per heavy atom. The smallest absolute Gasteiger partial charge is 0.368 e. The van der Waals surface area contributed by atoms with Gasteiger partial charge >= 0.3 is 6.18 Å². The van der Waals surface area contributed by atoms with Crippen molar-refractivity contribution >= 4 is 23.6 Å². The van der Waals surface area contributed by atoms with E-state index in [9.17, 15) is 32.3 Å². The third-order valence-corrected chi connectivity index (χ3v) is 8.81. The second-order valence-electron chi connectivity index (χ2n) is 13.1. The highest BCUT2D eigenvalue weighted by Gasteiger charge is 2.70. The molecule has 0 radical (unpaired) electrons. The van der Waals surface area contributed by atoms with Crippen molar-refractivity contribution < 1.29 is 32.3 Å². The van der Waals surface area contributed by atoms with Crippen LogP contribution in [0.2, 0.25) is 0 Å². The summed E-state index contributed by atoms with van der Waals surface area (Å²) in [5, 5.41) is 7.98. The van der Waals surface area contributed by atoms with Crippen molar-refractivity contribution in [3.05, 3.63) is 0 Å². The summed E-state index contributed by atoms with van der Waals surface area (Å²) in [5.74, 6) is -2.73. The van der Waals surface area contributed by atoms with Gasteiger partial charge in [-0.3, -0.25) is 24.5 Å². The number of likely N-dealkylation sites (tertiary alicyclic amines) is 1. The van der Waals surface area contributed by atoms with Crippen LogP contribution in [0, 0.1) is 28.6 Å². The Kier molecular flexibility index (Phi) is 6.61. The lowest BCUT2D eigenvalue weighted by Crippen LogP contribution is -2.60. The van der Waals surface area contributed by atoms with Gasteiger partial charge in [0.15, 0.2) is 0 Å². The fraction of sp³-hybridized carbons (Fsp3) is 0.840. The van der Waals surface area contributed by atoms with Gasteiger partial charge in [-0.1, -0.05) is 34.6 Å². The Morgan fingerprint density at radius 1 is 1.19 bits per heavy atom. The second kappa shape index (κ2) is 8.84. The van der Waals surface area contributed by atoms with Crippen LogP contribution in [0.25, 0.3) is 0 Å². The van der Waals surface area contributed by atoms with E-state index in [-0.39, 0.29) is 41.7 Å². The van der Waals surface area contributed by atoms with Crippen LogP contribution in [0.4, 0.5) is 13.2 Å². The predicted molar refractivity (Wildman–Crippen MR) is 128 cm³/mol. The Balaban J connectivity index is 1.51. The van der Waals surface area contributed by atoms with Crippen molar-refractivity contribution in [3.8, 4) is 0 Å². The second-order valence-corrected chi connectivity index (χ2v) is 13.1. The molecule has 208 valence electrons. The number of carbonyl (C=O) groups excluding carboxylic acids is 4. The maximum atomic E-state index is 13.6. The van der Waals surface area contributed by atoms with Gasteiger partial charge < -0.3 is 21.3 Å². The lowest BCUT2D eigenvalue weighted by Gasteiger charge is -2.38. The van der Waals surface area contributed by atoms with Gasteiger partial charge in [0.05, 0.1) is 12.6 Å². The maximum absolute atomic E-state index is 13.6. The summed E-state index contributed by atoms with van der Waals surface area (Å²) in [5.41, 5.74) is 4.31. The molecule has 37 heavy (non-hydrogen) atoms. The quantitative estimate of drug-likeness (QED) is 0.373. The summed E-state index contributed by atoms with van der Waals surface area (Å²) in [7, 11) is 0. The number of hydrogen-bond acceptors (Lipinski definition) is 5. The summed E-state index contributed by atoms with van der Waals surface area (Å²) in [6.07, 6.45) is -2.09. The molecule has 0 aromatic rings. The highest BCUT2D eigenvalue weighted by atomic mass is 19.4. The lowest BCUT2D eigenvalue weighted by molar-refractivity contribution is -0.148. The fourth-order valence-electron chi connectivity index (χ4n) is 6.40. The molecule has 2 aliphatic carbocycles. The third kappa shape index (κ3) is 5.44. The van der Waals surface area contributed by atoms with E-state index in [4.69, 9.17) is 5.73 Å². The van der Waals surface area contributed by atoms with Gasteiger partial charge in [0.1, 0.15) is 12.1 Å². The van der Waals surface area contributed by atoms with Crippen LogP contribution in [-0.4, -0.2) is 71.5 Å². The largest absolute Gasteiger partial charge is 0.401 e. The molecule has 12 heteroatoms. The van der Waals surface area contributed by atoms with E-state index >= 15 is 0 Å². The highest BCUT2D eigenvalue weighted by molar-refractivity contribution is 5.94. The van der Waals surface area contributed by atoms with Gasteiger partial charge in [0.2, 0.25) is 23.6 Å². The molecular weight excluding hydrogens is 491 g/mol. The van der Waals surface area contributed by atoms with Crippen LogP contribution in [0.3, 0.4) is 0 Å². The van der Waals surface area contributed by atoms with Gasteiger partial charge in [-0.2, -0.15) is 13.2 Å². The monoisotopic (exact) mass is 529 g/mol. The van der Waals surface area contributed by atoms with Gasteiger partial charge in [0.25, 0.3) is 0 Å². The van der Waals surface area contributed by atoms with E-state index in [0.29, 0.717) is 6.42 Å². The standard InChI is InChI=1S/C25H38F3N5O4/c1-22(2,3)17(30-11-25(26,27)28)21(37)33-10-13-15(23(13,4)5)16(33)20(36)31-14(18(29)34)8-12-9-24(6-7-24)32-19(12)35/h12-17,30H,6-11H2,1-5H3,(H2,29,34)(H,31,36)(H,32,35)/t12-,13+,14+,15+,16+,17-/m1/s1. The van der Waals surface area contributed by atoms with Crippen molar-refractivity contribution in [3.63, 3.8) is 0 Å². The first kappa shape index (κ1) is 27.7. The number of amides is 4. The molecule has 4 rings (SSSR count). The van der Waals surface area contributed by atoms with Crippen molar-refractivity contribution in [1.82, 2.24) is 20.9 Å². The molecule has 2 heterocycles. The molecule has 0 aromatic carbocycles. The number of hydrogen-bond donors (Lipinski definition) is 4. The van der Waals surface area contributed by atoms with E-state index in [1.165, 1.54) is 4.90 Å². The van der Waals surface area contributed by atoms with Gasteiger partial charge in [-0.15, -0.1) is 0 Å². The minimum Gasteiger partial charge on any atom is -0.368 e. The number of piperidine rings is 1. The summed E-state index contributed by atoms with van der Waals surface area (Å²) in [6.45, 7) is 7.86. The van der Waals surface area contributed by atoms with Crippen LogP contribution < -0.4 is 21.7 Å². The molecule has 4 fully saturated rings. The predicted octanol–water partition coefficient (Wildman–Crippen LogP) is 1.06. The first-order valence-electron chi connectivity index (χ1n) is 12.9. The van der Waals surface area contributed by atoms with Crippen LogP contribution >= 0.6 is 0 Å². The van der Waals surface area contributed by atoms with Gasteiger partial charge in [-0.05, 0) is 48.3 Å². The molecule has 5 N–H and O–H groups in total. The minimum absolute atomic E-state index is 0.0118. The van der Waals surface area contributed by atoms with Crippen molar-refractivity contribution in [2.24, 2.45) is 34.3 Å². The fourth-order valence-corrected chi connectivity index (χ4v) is 6.40. The van der Waals surface area contributed by atoms with Gasteiger partial charge in [-0.25, -0.2) is 0 Å². The molecular formula is C25H38F3N5O4. The summed E-state index contributed by atoms with van der Waals surface area (Å²) >= 11 is 0.